The quantitative estimate of drug-likeness (QED) is 0.257. The van der Waals surface area contributed by atoms with Crippen molar-refractivity contribution in [2.24, 2.45) is 29.6 Å². The van der Waals surface area contributed by atoms with E-state index in [1.807, 2.05) is 13.8 Å². The molecule has 0 aromatic heterocycles. The molecule has 0 amide bonds. The summed E-state index contributed by atoms with van der Waals surface area (Å²) in [5.41, 5.74) is 0. The molecule has 0 aliphatic heterocycles. The maximum atomic E-state index is 12.4. The number of carbonyl (C=O) groups excluding carboxylic acids is 1. The van der Waals surface area contributed by atoms with Crippen molar-refractivity contribution in [2.45, 2.75) is 82.0 Å². The molecule has 7 unspecified atom stereocenters. The van der Waals surface area contributed by atoms with Crippen molar-refractivity contribution < 1.29 is 14.3 Å². The summed E-state index contributed by atoms with van der Waals surface area (Å²) in [4.78, 5) is 12.4. The lowest BCUT2D eigenvalue weighted by molar-refractivity contribution is -0.211. The van der Waals surface area contributed by atoms with Gasteiger partial charge in [-0.2, -0.15) is 0 Å². The zero-order valence-electron chi connectivity index (χ0n) is 14.9. The van der Waals surface area contributed by atoms with E-state index in [1.54, 1.807) is 0 Å². The molecule has 0 heterocycles. The van der Waals surface area contributed by atoms with Gasteiger partial charge in [0, 0.05) is 5.92 Å². The summed E-state index contributed by atoms with van der Waals surface area (Å²) in [7, 11) is 0. The number of hydrogen-bond donors (Lipinski definition) is 0. The molecule has 2 bridgehead atoms. The molecule has 3 saturated carbocycles. The molecule has 23 heavy (non-hydrogen) atoms. The molecule has 132 valence electrons. The molecule has 3 aliphatic rings. The van der Waals surface area contributed by atoms with Crippen LogP contribution < -0.4 is 0 Å². The lowest BCUT2D eigenvalue weighted by atomic mass is 9.80. The molecule has 3 aliphatic carbocycles. The second-order valence-electron chi connectivity index (χ2n) is 8.40. The van der Waals surface area contributed by atoms with Crippen LogP contribution >= 0.6 is 22.6 Å². The van der Waals surface area contributed by atoms with Crippen LogP contribution in [-0.4, -0.2) is 21.8 Å². The highest BCUT2D eigenvalue weighted by Gasteiger charge is 2.55. The highest BCUT2D eigenvalue weighted by atomic mass is 127. The molecule has 0 radical (unpaired) electrons. The fourth-order valence-corrected chi connectivity index (χ4v) is 5.15. The number of alkyl halides is 1. The topological polar surface area (TPSA) is 35.5 Å². The Balaban J connectivity index is 1.61. The van der Waals surface area contributed by atoms with E-state index in [0.29, 0.717) is 12.0 Å². The average molecular weight is 434 g/mol. The Labute approximate surface area is 154 Å². The molecule has 0 aromatic rings. The molecule has 0 saturated heterocycles. The Bertz CT molecular complexity index is 448. The van der Waals surface area contributed by atoms with Gasteiger partial charge in [-0.3, -0.25) is 4.79 Å². The van der Waals surface area contributed by atoms with Crippen LogP contribution in [0.4, 0.5) is 0 Å². The summed E-state index contributed by atoms with van der Waals surface area (Å²) in [5, 5.41) is 0. The minimum absolute atomic E-state index is 0.138. The largest absolute Gasteiger partial charge is 0.434 e. The van der Waals surface area contributed by atoms with Gasteiger partial charge in [-0.25, -0.2) is 0 Å². The van der Waals surface area contributed by atoms with Crippen molar-refractivity contribution >= 4 is 28.6 Å². The van der Waals surface area contributed by atoms with Crippen LogP contribution in [0.2, 0.25) is 0 Å². The molecule has 3 nitrogen and oxygen atoms in total. The van der Waals surface area contributed by atoms with Crippen molar-refractivity contribution in [2.75, 3.05) is 0 Å². The van der Waals surface area contributed by atoms with E-state index in [-0.39, 0.29) is 11.9 Å². The van der Waals surface area contributed by atoms with Gasteiger partial charge in [-0.15, -0.1) is 0 Å². The molecule has 0 spiro atoms. The smallest absolute Gasteiger partial charge is 0.324 e. The third kappa shape index (κ3) is 3.44. The zero-order valence-corrected chi connectivity index (χ0v) is 17.0. The summed E-state index contributed by atoms with van der Waals surface area (Å²) in [6, 6.07) is 0. The first-order chi connectivity index (χ1) is 10.8. The standard InChI is InChI=1S/C19H31IO3/c1-5-19(4,20)18(21)23-17(11(2)3)22-16-10-12-9-15(16)14-8-6-7-13(12)14/h11-17H,5-10H2,1-4H3. The normalized spacial score (nSPS) is 39.3. The van der Waals surface area contributed by atoms with E-state index < -0.39 is 9.71 Å². The predicted molar refractivity (Wildman–Crippen MR) is 99.4 cm³/mol. The van der Waals surface area contributed by atoms with Gasteiger partial charge in [-0.05, 0) is 62.7 Å². The van der Waals surface area contributed by atoms with Crippen LogP contribution in [0.15, 0.2) is 0 Å². The maximum Gasteiger partial charge on any atom is 0.324 e. The second-order valence-corrected chi connectivity index (χ2v) is 10.8. The monoisotopic (exact) mass is 434 g/mol. The fourth-order valence-electron chi connectivity index (χ4n) is 5.03. The van der Waals surface area contributed by atoms with Gasteiger partial charge in [0.25, 0.3) is 0 Å². The summed E-state index contributed by atoms with van der Waals surface area (Å²) >= 11 is 2.20. The van der Waals surface area contributed by atoms with Gasteiger partial charge < -0.3 is 9.47 Å². The first kappa shape index (κ1) is 18.0. The van der Waals surface area contributed by atoms with Gasteiger partial charge in [0.2, 0.25) is 6.29 Å². The van der Waals surface area contributed by atoms with Crippen LogP contribution in [0, 0.1) is 29.6 Å². The van der Waals surface area contributed by atoms with Crippen LogP contribution in [0.5, 0.6) is 0 Å². The van der Waals surface area contributed by atoms with E-state index in [9.17, 15) is 4.79 Å². The van der Waals surface area contributed by atoms with E-state index in [2.05, 4.69) is 36.4 Å². The Morgan fingerprint density at radius 3 is 2.57 bits per heavy atom. The van der Waals surface area contributed by atoms with E-state index in [1.165, 1.54) is 32.1 Å². The van der Waals surface area contributed by atoms with E-state index >= 15 is 0 Å². The number of carbonyl (C=O) groups is 1. The van der Waals surface area contributed by atoms with Crippen LogP contribution in [0.25, 0.3) is 0 Å². The minimum Gasteiger partial charge on any atom is -0.434 e. The van der Waals surface area contributed by atoms with Gasteiger partial charge in [0.15, 0.2) is 0 Å². The third-order valence-electron chi connectivity index (χ3n) is 6.53. The zero-order chi connectivity index (χ0) is 16.8. The van der Waals surface area contributed by atoms with Gasteiger partial charge >= 0.3 is 5.97 Å². The van der Waals surface area contributed by atoms with Crippen molar-refractivity contribution in [1.82, 2.24) is 0 Å². The third-order valence-corrected chi connectivity index (χ3v) is 7.74. The van der Waals surface area contributed by atoms with Crippen molar-refractivity contribution in [3.05, 3.63) is 0 Å². The van der Waals surface area contributed by atoms with Crippen molar-refractivity contribution in [3.8, 4) is 0 Å². The molecule has 0 aromatic carbocycles. The minimum atomic E-state index is -0.459. The second kappa shape index (κ2) is 6.81. The SMILES string of the molecule is CCC(C)(I)C(=O)OC(OC1CC2CC1C1CCCC21)C(C)C. The van der Waals surface area contributed by atoms with Crippen LogP contribution in [0.3, 0.4) is 0 Å². The predicted octanol–water partition coefficient (Wildman–Crippen LogP) is 4.96. The van der Waals surface area contributed by atoms with E-state index in [0.717, 1.165) is 24.2 Å². The number of rotatable bonds is 6. The Kier molecular flexibility index (Phi) is 5.32. The number of halogens is 1. The average Bonchev–Trinajstić information content (AvgIpc) is 3.18. The van der Waals surface area contributed by atoms with Gasteiger partial charge in [0.1, 0.15) is 3.42 Å². The lowest BCUT2D eigenvalue weighted by Crippen LogP contribution is -2.40. The Morgan fingerprint density at radius 1 is 1.22 bits per heavy atom. The number of esters is 1. The number of hydrogen-bond acceptors (Lipinski definition) is 3. The highest BCUT2D eigenvalue weighted by molar-refractivity contribution is 14.1. The molecular formula is C19H31IO3. The fraction of sp³-hybridized carbons (Fsp3) is 0.947. The highest BCUT2D eigenvalue weighted by Crippen LogP contribution is 2.59. The molecule has 3 rings (SSSR count). The molecule has 4 heteroatoms. The Morgan fingerprint density at radius 2 is 1.91 bits per heavy atom. The molecule has 0 N–H and O–H groups in total. The molecule has 3 fully saturated rings. The van der Waals surface area contributed by atoms with Crippen LogP contribution in [-0.2, 0) is 14.3 Å². The van der Waals surface area contributed by atoms with E-state index in [4.69, 9.17) is 9.47 Å². The summed E-state index contributed by atoms with van der Waals surface area (Å²) < 4.78 is 11.7. The lowest BCUT2D eigenvalue weighted by Gasteiger charge is -2.35. The molecule has 7 atom stereocenters. The molecular weight excluding hydrogens is 403 g/mol. The first-order valence-corrected chi connectivity index (χ1v) is 10.5. The summed E-state index contributed by atoms with van der Waals surface area (Å²) in [5.74, 6) is 3.49. The first-order valence-electron chi connectivity index (χ1n) is 9.39. The van der Waals surface area contributed by atoms with Crippen molar-refractivity contribution in [3.63, 3.8) is 0 Å². The summed E-state index contributed by atoms with van der Waals surface area (Å²) in [6.45, 7) is 8.13. The van der Waals surface area contributed by atoms with Crippen LogP contribution in [0.1, 0.15) is 66.2 Å². The van der Waals surface area contributed by atoms with Crippen molar-refractivity contribution in [1.29, 1.82) is 0 Å². The number of fused-ring (bicyclic) bond motifs is 5. The maximum absolute atomic E-state index is 12.4. The Hall–Kier alpha value is 0.160. The van der Waals surface area contributed by atoms with Gasteiger partial charge in [0.05, 0.1) is 6.10 Å². The number of ether oxygens (including phenoxy) is 2. The van der Waals surface area contributed by atoms with Gasteiger partial charge in [-0.1, -0.05) is 49.8 Å². The summed E-state index contributed by atoms with van der Waals surface area (Å²) in [6.07, 6.45) is 7.44.